The molecule has 19 heteroatoms. The van der Waals surface area contributed by atoms with Gasteiger partial charge in [-0.2, -0.15) is 4.52 Å². The van der Waals surface area contributed by atoms with Crippen LogP contribution in [-0.2, 0) is 35.7 Å². The fourth-order valence-corrected chi connectivity index (χ4v) is 7.45. The van der Waals surface area contributed by atoms with Gasteiger partial charge in [0.1, 0.15) is 23.5 Å². The number of oxazole rings is 1. The van der Waals surface area contributed by atoms with Gasteiger partial charge < -0.3 is 33.7 Å². The van der Waals surface area contributed by atoms with Gasteiger partial charge in [-0.25, -0.2) is 10.0 Å². The van der Waals surface area contributed by atoms with E-state index in [4.69, 9.17) is 13.9 Å². The number of aliphatic imine (C=N–C) groups is 1. The number of carbonyl (C=O) groups is 2. The van der Waals surface area contributed by atoms with Crippen LogP contribution in [0.3, 0.4) is 0 Å². The summed E-state index contributed by atoms with van der Waals surface area (Å²) >= 11 is 0. The third-order valence-electron chi connectivity index (χ3n) is 10.3. The van der Waals surface area contributed by atoms with Gasteiger partial charge in [-0.3, -0.25) is 15.0 Å². The highest BCUT2D eigenvalue weighted by Crippen LogP contribution is 2.33. The van der Waals surface area contributed by atoms with Crippen LogP contribution in [0.5, 0.6) is 17.5 Å². The smallest absolute Gasteiger partial charge is 0.441 e. The third-order valence-corrected chi connectivity index (χ3v) is 10.3. The molecule has 0 bridgehead atoms. The van der Waals surface area contributed by atoms with E-state index < -0.39 is 12.7 Å². The maximum absolute atomic E-state index is 13.2. The highest BCUT2D eigenvalue weighted by molar-refractivity contribution is 14.0. The van der Waals surface area contributed by atoms with Crippen LogP contribution in [-0.4, -0.2) is 66.8 Å². The van der Waals surface area contributed by atoms with E-state index in [1.54, 1.807) is 19.3 Å². The number of hydrogen-bond acceptors (Lipinski definition) is 12. The van der Waals surface area contributed by atoms with Crippen LogP contribution in [0.25, 0.3) is 5.84 Å². The summed E-state index contributed by atoms with van der Waals surface area (Å²) < 4.78 is 59.8. The van der Waals surface area contributed by atoms with Gasteiger partial charge in [-0.05, 0) is 64.6 Å². The Balaban J connectivity index is 0.000000202. The SMILES string of the molecule is CC.CC(C)c1c(C(=O)N2Cc3ccccc3C2)oc2nc(Oc3ccccc3)nn12.I.O=C(C1=C(CNc2ccc(OC(F)(F)F)cc2)N2NC=NC2O1)N1Cc2ccccc2C1.[HH]. The molecule has 6 aromatic rings. The van der Waals surface area contributed by atoms with Crippen molar-refractivity contribution in [3.05, 3.63) is 148 Å². The van der Waals surface area contributed by atoms with Crippen molar-refractivity contribution in [3.8, 4) is 17.5 Å². The Labute approximate surface area is 385 Å². The minimum atomic E-state index is -4.75. The number of amides is 2. The molecule has 1 atom stereocenters. The number of nitrogens with zero attached hydrogens (tertiary/aromatic N) is 7. The molecular formula is C45H47F3IN9O6. The summed E-state index contributed by atoms with van der Waals surface area (Å²) in [5.74, 6) is 0.654. The molecule has 10 rings (SSSR count). The summed E-state index contributed by atoms with van der Waals surface area (Å²) in [6.07, 6.45) is -3.96. The second-order valence-electron chi connectivity index (χ2n) is 14.8. The summed E-state index contributed by atoms with van der Waals surface area (Å²) in [4.78, 5) is 38.4. The second-order valence-corrected chi connectivity index (χ2v) is 14.8. The predicted molar refractivity (Wildman–Crippen MR) is 242 cm³/mol. The van der Waals surface area contributed by atoms with Gasteiger partial charge in [-0.1, -0.05) is 94.4 Å². The van der Waals surface area contributed by atoms with Crippen LogP contribution >= 0.6 is 24.0 Å². The Bertz CT molecular complexity index is 2630. The maximum Gasteiger partial charge on any atom is 0.573 e. The van der Waals surface area contributed by atoms with Gasteiger partial charge in [0.05, 0.1) is 12.2 Å². The monoisotopic (exact) mass is 993 g/mol. The fraction of sp³-hybridized carbons (Fsp3) is 0.267. The number of ether oxygens (including phenoxy) is 3. The molecule has 2 amide bonds. The molecule has 15 nitrogen and oxygen atoms in total. The van der Waals surface area contributed by atoms with Gasteiger partial charge in [0.15, 0.2) is 0 Å². The highest BCUT2D eigenvalue weighted by atomic mass is 127. The largest absolute Gasteiger partial charge is 0.573 e. The van der Waals surface area contributed by atoms with Gasteiger partial charge >= 0.3 is 18.2 Å². The first kappa shape index (κ1) is 45.3. The average molecular weight is 994 g/mol. The molecule has 4 aliphatic rings. The summed E-state index contributed by atoms with van der Waals surface area (Å²) in [6.45, 7) is 10.3. The molecule has 2 N–H and O–H groups in total. The summed E-state index contributed by atoms with van der Waals surface area (Å²) in [7, 11) is 0. The molecule has 336 valence electrons. The Morgan fingerprint density at radius 3 is 1.95 bits per heavy atom. The van der Waals surface area contributed by atoms with E-state index >= 15 is 0 Å². The predicted octanol–water partition coefficient (Wildman–Crippen LogP) is 9.20. The minimum Gasteiger partial charge on any atom is -0.441 e. The number of alkyl halides is 3. The van der Waals surface area contributed by atoms with E-state index in [2.05, 4.69) is 42.7 Å². The number of benzene rings is 4. The van der Waals surface area contributed by atoms with Crippen molar-refractivity contribution < 1.29 is 42.8 Å². The minimum absolute atomic E-state index is 0. The lowest BCUT2D eigenvalue weighted by molar-refractivity contribution is -0.274. The zero-order chi connectivity index (χ0) is 44.3. The molecule has 4 aliphatic heterocycles. The van der Waals surface area contributed by atoms with Crippen molar-refractivity contribution in [1.82, 2.24) is 34.8 Å². The van der Waals surface area contributed by atoms with Crippen molar-refractivity contribution in [2.24, 2.45) is 4.99 Å². The first-order valence-electron chi connectivity index (χ1n) is 20.4. The Morgan fingerprint density at radius 1 is 0.828 bits per heavy atom. The molecule has 4 aromatic carbocycles. The molecule has 0 spiro atoms. The van der Waals surface area contributed by atoms with Gasteiger partial charge in [-0.15, -0.1) is 47.2 Å². The number of aromatic nitrogens is 3. The first-order valence-corrected chi connectivity index (χ1v) is 20.4. The van der Waals surface area contributed by atoms with Crippen molar-refractivity contribution in [2.75, 3.05) is 11.9 Å². The molecule has 64 heavy (non-hydrogen) atoms. The third kappa shape index (κ3) is 9.73. The molecular weight excluding hydrogens is 946 g/mol. The number of halogens is 4. The fourth-order valence-electron chi connectivity index (χ4n) is 7.45. The Morgan fingerprint density at radius 2 is 1.39 bits per heavy atom. The van der Waals surface area contributed by atoms with Crippen LogP contribution in [0, 0.1) is 0 Å². The number of anilines is 1. The maximum atomic E-state index is 13.2. The summed E-state index contributed by atoms with van der Waals surface area (Å²) in [6, 6.07) is 30.8. The number of fused-ring (bicyclic) bond motifs is 4. The number of para-hydroxylation sites is 1. The lowest BCUT2D eigenvalue weighted by atomic mass is 10.1. The average Bonchev–Trinajstić information content (AvgIpc) is 4.14. The molecule has 1 unspecified atom stereocenters. The lowest BCUT2D eigenvalue weighted by Crippen LogP contribution is -2.36. The zero-order valence-corrected chi connectivity index (χ0v) is 37.5. The van der Waals surface area contributed by atoms with E-state index in [0.29, 0.717) is 49.0 Å². The summed E-state index contributed by atoms with van der Waals surface area (Å²) in [5, 5.41) is 9.15. The Hall–Kier alpha value is -6.77. The second kappa shape index (κ2) is 19.3. The molecule has 2 aromatic heterocycles. The molecule has 0 radical (unpaired) electrons. The standard InChI is InChI=1S/C22H20N4O3.C21H18F3N5O3.C2H6.HI.H2/c1-14(2)18-19(20(27)25-12-15-8-6-7-9-16(15)13-25)29-22-23-21(24-26(18)22)28-17-10-4-3-5-11-17;22-21(23,24)32-16-7-5-15(6-8-16)25-9-17-18(31-20-26-12-27-29(17)20)19(30)28-10-13-3-1-2-4-14(13)11-28;1-2;;/h3-11,14H,12-13H2,1-2H3;1-8,12,20,25H,9-11H2,(H,26,27);1-2H3;2*1H. The van der Waals surface area contributed by atoms with Gasteiger partial charge in [0, 0.05) is 33.3 Å². The van der Waals surface area contributed by atoms with E-state index in [9.17, 15) is 22.8 Å². The quantitative estimate of drug-likeness (QED) is 0.134. The van der Waals surface area contributed by atoms with Crippen LogP contribution < -0.4 is 20.2 Å². The lowest BCUT2D eigenvalue weighted by Gasteiger charge is -2.19. The molecule has 0 aliphatic carbocycles. The number of hydrogen-bond donors (Lipinski definition) is 2. The Kier molecular flexibility index (Phi) is 13.7. The van der Waals surface area contributed by atoms with Crippen molar-refractivity contribution >= 4 is 53.7 Å². The van der Waals surface area contributed by atoms with Crippen LogP contribution in [0.2, 0.25) is 0 Å². The topological polar surface area (TPSA) is 151 Å². The van der Waals surface area contributed by atoms with Crippen molar-refractivity contribution in [2.45, 2.75) is 72.5 Å². The van der Waals surface area contributed by atoms with Crippen molar-refractivity contribution in [3.63, 3.8) is 0 Å². The van der Waals surface area contributed by atoms with E-state index in [-0.39, 0.29) is 78.8 Å². The van der Waals surface area contributed by atoms with E-state index in [1.165, 1.54) is 41.7 Å². The number of hydrazine groups is 1. The van der Waals surface area contributed by atoms with Crippen LogP contribution in [0.4, 0.5) is 18.9 Å². The number of nitrogens with one attached hydrogen (secondary N) is 2. The van der Waals surface area contributed by atoms with Gasteiger partial charge in [0.2, 0.25) is 11.5 Å². The molecule has 0 saturated carbocycles. The zero-order valence-electron chi connectivity index (χ0n) is 35.2. The normalized spacial score (nSPS) is 15.6. The molecule has 0 fully saturated rings. The number of carbonyl (C=O) groups excluding carboxylic acids is 2. The molecule has 6 heterocycles. The van der Waals surface area contributed by atoms with Gasteiger partial charge in [0.25, 0.3) is 18.2 Å². The van der Waals surface area contributed by atoms with E-state index in [1.807, 2.05) is 94.4 Å². The molecule has 0 saturated heterocycles. The van der Waals surface area contributed by atoms with E-state index in [0.717, 1.165) is 11.1 Å². The number of rotatable bonds is 9. The highest BCUT2D eigenvalue weighted by Gasteiger charge is 2.41. The van der Waals surface area contributed by atoms with Crippen molar-refractivity contribution in [1.29, 1.82) is 0 Å². The first-order chi connectivity index (χ1) is 30.5. The van der Waals surface area contributed by atoms with Crippen LogP contribution in [0.15, 0.2) is 124 Å². The van der Waals surface area contributed by atoms with Crippen LogP contribution in [0.1, 0.15) is 73.5 Å². The summed E-state index contributed by atoms with van der Waals surface area (Å²) in [5.41, 5.74) is 9.25.